The molecule has 0 bridgehead atoms. The minimum atomic E-state index is -1.92. The number of nitrogens with zero attached hydrogens (tertiary/aromatic N) is 2. The highest BCUT2D eigenvalue weighted by Crippen LogP contribution is 2.20. The summed E-state index contributed by atoms with van der Waals surface area (Å²) in [6, 6.07) is -14.4. The van der Waals surface area contributed by atoms with Gasteiger partial charge in [0.25, 0.3) is 0 Å². The van der Waals surface area contributed by atoms with Crippen LogP contribution in [0.3, 0.4) is 0 Å². The molecule has 1 aliphatic rings. The van der Waals surface area contributed by atoms with Crippen molar-refractivity contribution >= 4 is 76.9 Å². The van der Waals surface area contributed by atoms with E-state index in [0.717, 1.165) is 11.8 Å². The number of hydrogen-bond acceptors (Lipinski definition) is 17. The molecule has 0 aromatic carbocycles. The van der Waals surface area contributed by atoms with Crippen molar-refractivity contribution < 1.29 is 77.6 Å². The Labute approximate surface area is 417 Å². The van der Waals surface area contributed by atoms with Crippen LogP contribution in [0.1, 0.15) is 72.4 Å². The Balaban J connectivity index is 2.40. The molecule has 2 heterocycles. The fourth-order valence-corrected chi connectivity index (χ4v) is 7.21. The van der Waals surface area contributed by atoms with E-state index in [1.807, 2.05) is 5.32 Å². The molecule has 0 spiro atoms. The lowest BCUT2D eigenvalue weighted by Crippen LogP contribution is -2.62. The second-order valence-corrected chi connectivity index (χ2v) is 17.8. The molecule has 1 fully saturated rings. The molecule has 1 saturated heterocycles. The van der Waals surface area contributed by atoms with E-state index in [9.17, 15) is 72.5 Å². The van der Waals surface area contributed by atoms with E-state index >= 15 is 0 Å². The molecule has 1 aromatic heterocycles. The number of aromatic nitrogens is 2. The van der Waals surface area contributed by atoms with Crippen molar-refractivity contribution in [3.05, 3.63) is 18.2 Å². The lowest BCUT2D eigenvalue weighted by Gasteiger charge is -2.31. The lowest BCUT2D eigenvalue weighted by atomic mass is 10.00. The van der Waals surface area contributed by atoms with Gasteiger partial charge in [0, 0.05) is 24.9 Å². The van der Waals surface area contributed by atoms with E-state index < -0.39 is 182 Å². The van der Waals surface area contributed by atoms with Gasteiger partial charge < -0.3 is 90.7 Å². The zero-order chi connectivity index (χ0) is 55.4. The number of aliphatic hydroxyl groups excluding tert-OH is 2. The highest BCUT2D eigenvalue weighted by Gasteiger charge is 2.42. The number of hydrogen-bond donors (Lipinski definition) is 16. The molecule has 10 atom stereocenters. The van der Waals surface area contributed by atoms with Gasteiger partial charge in [-0.25, -0.2) is 4.98 Å². The number of rotatable bonds is 30. The molecule has 406 valence electrons. The predicted molar refractivity (Wildman–Crippen MR) is 249 cm³/mol. The van der Waals surface area contributed by atoms with Crippen molar-refractivity contribution in [2.75, 3.05) is 19.7 Å². The number of H-pyrrole nitrogens is 1. The van der Waals surface area contributed by atoms with Crippen LogP contribution in [0.2, 0.25) is 0 Å². The number of amides is 12. The Bertz CT molecular complexity index is 2190. The van der Waals surface area contributed by atoms with Gasteiger partial charge in [0.15, 0.2) is 0 Å². The van der Waals surface area contributed by atoms with Gasteiger partial charge in [-0.05, 0) is 31.6 Å². The number of aromatic amines is 1. The normalized spacial score (nSPS) is 16.9. The first-order valence-electron chi connectivity index (χ1n) is 22.9. The van der Waals surface area contributed by atoms with Crippen molar-refractivity contribution in [2.24, 2.45) is 34.8 Å². The lowest BCUT2D eigenvalue weighted by molar-refractivity contribution is -0.144. The zero-order valence-electron chi connectivity index (χ0n) is 40.8. The molecule has 1 aromatic rings. The van der Waals surface area contributed by atoms with Crippen LogP contribution < -0.4 is 65.5 Å². The smallest absolute Gasteiger partial charge is 0.322 e. The summed E-state index contributed by atoms with van der Waals surface area (Å²) in [5.74, 6) is -15.6. The summed E-state index contributed by atoms with van der Waals surface area (Å²) in [6.07, 6.45) is -1.77. The van der Waals surface area contributed by atoms with E-state index in [2.05, 4.69) is 47.2 Å². The van der Waals surface area contributed by atoms with Crippen molar-refractivity contribution in [3.63, 3.8) is 0 Å². The van der Waals surface area contributed by atoms with E-state index in [4.69, 9.17) is 28.0 Å². The molecule has 2 rings (SSSR count). The van der Waals surface area contributed by atoms with E-state index in [-0.39, 0.29) is 31.5 Å². The molecule has 73 heavy (non-hydrogen) atoms. The predicted octanol–water partition coefficient (Wildman–Crippen LogP) is -8.82. The van der Waals surface area contributed by atoms with Crippen molar-refractivity contribution in [3.8, 4) is 0 Å². The summed E-state index contributed by atoms with van der Waals surface area (Å²) in [7, 11) is 0. The molecule has 12 amide bonds. The standard InChI is InChI=1S/C42H67N15O16/c1-17(2)31(54-34(65)21(43)15-58)40(71)52-24(11-28(45)61)37(68)55-32(18(3)4)41(72)51-22(9-20-13-47-16-49-20)35(66)50-23(10-27(44)60)36(67)53-25(12-29(46)62)42(73)57-8-6-7-26(57)38(69)56-33(19(5)59)39(70)48-14-30(63)64/h13,16-19,21-26,31-33,58-59H,6-12,14-15,43H2,1-5H3,(H2,44,60)(H2,45,61)(H2,46,62)(H,47,49)(H,48,70)(H,50,66)(H,51,72)(H,52,71)(H,53,67)(H,54,65)(H,55,68)(H,56,69)(H,63,64)/t19-,21+,22+,23+,24+,25+,26+,31+,32+,33+/m1/s1. The third kappa shape index (κ3) is 19.7. The van der Waals surface area contributed by atoms with Crippen molar-refractivity contribution in [2.45, 2.75) is 134 Å². The van der Waals surface area contributed by atoms with Gasteiger partial charge in [-0.1, -0.05) is 27.7 Å². The van der Waals surface area contributed by atoms with Gasteiger partial charge in [0.1, 0.15) is 60.9 Å². The summed E-state index contributed by atoms with van der Waals surface area (Å²) in [5, 5.41) is 46.8. The van der Waals surface area contributed by atoms with E-state index in [0.29, 0.717) is 0 Å². The van der Waals surface area contributed by atoms with Crippen molar-refractivity contribution in [1.29, 1.82) is 0 Å². The molecule has 31 heteroatoms. The van der Waals surface area contributed by atoms with Gasteiger partial charge in [0.05, 0.1) is 38.3 Å². The van der Waals surface area contributed by atoms with Gasteiger partial charge in [-0.15, -0.1) is 0 Å². The van der Waals surface area contributed by atoms with Crippen LogP contribution in [-0.2, 0) is 68.7 Å². The average Bonchev–Trinajstić information content (AvgIpc) is 4.01. The Hall–Kier alpha value is -7.80. The maximum atomic E-state index is 14.1. The number of nitrogens with one attached hydrogen (secondary N) is 9. The highest BCUT2D eigenvalue weighted by atomic mass is 16.4. The maximum absolute atomic E-state index is 14.1. The average molecular weight is 1040 g/mol. The second kappa shape index (κ2) is 28.9. The summed E-state index contributed by atoms with van der Waals surface area (Å²) in [6.45, 7) is 5.52. The molecule has 31 nitrogen and oxygen atoms in total. The Morgan fingerprint density at radius 2 is 1.12 bits per heavy atom. The third-order valence-corrected chi connectivity index (χ3v) is 11.1. The van der Waals surface area contributed by atoms with Gasteiger partial charge >= 0.3 is 5.97 Å². The summed E-state index contributed by atoms with van der Waals surface area (Å²) >= 11 is 0. The van der Waals surface area contributed by atoms with Crippen LogP contribution in [0.15, 0.2) is 12.5 Å². The monoisotopic (exact) mass is 1040 g/mol. The molecule has 0 aliphatic carbocycles. The first kappa shape index (κ1) is 61.3. The van der Waals surface area contributed by atoms with Crippen LogP contribution in [0.4, 0.5) is 0 Å². The molecule has 0 unspecified atom stereocenters. The highest BCUT2D eigenvalue weighted by molar-refractivity contribution is 6.01. The quantitative estimate of drug-likeness (QED) is 0.0340. The Kier molecular flexibility index (Phi) is 24.3. The third-order valence-electron chi connectivity index (χ3n) is 11.1. The van der Waals surface area contributed by atoms with Crippen LogP contribution in [0.25, 0.3) is 0 Å². The number of likely N-dealkylation sites (tertiary alicyclic amines) is 1. The van der Waals surface area contributed by atoms with Gasteiger partial charge in [-0.2, -0.15) is 0 Å². The van der Waals surface area contributed by atoms with Crippen LogP contribution >= 0.6 is 0 Å². The number of carboxylic acids is 1. The number of carbonyl (C=O) groups is 13. The molecular weight excluding hydrogens is 971 g/mol. The molecule has 20 N–H and O–H groups in total. The first-order valence-corrected chi connectivity index (χ1v) is 22.9. The minimum absolute atomic E-state index is 0.00393. The molecular formula is C42H67N15O16. The number of imidazole rings is 1. The first-order chi connectivity index (χ1) is 34.1. The second-order valence-electron chi connectivity index (χ2n) is 17.8. The Morgan fingerprint density at radius 1 is 0.658 bits per heavy atom. The zero-order valence-corrected chi connectivity index (χ0v) is 40.8. The number of nitrogens with two attached hydrogens (primary N) is 4. The Morgan fingerprint density at radius 3 is 1.59 bits per heavy atom. The fraction of sp³-hybridized carbons (Fsp3) is 0.619. The van der Waals surface area contributed by atoms with Gasteiger partial charge in [0.2, 0.25) is 70.9 Å². The minimum Gasteiger partial charge on any atom is -0.480 e. The number of primary amides is 3. The van der Waals surface area contributed by atoms with Crippen molar-refractivity contribution in [1.82, 2.24) is 57.4 Å². The molecule has 0 saturated carbocycles. The largest absolute Gasteiger partial charge is 0.480 e. The molecule has 1 aliphatic heterocycles. The topological polar surface area (TPSA) is 515 Å². The van der Waals surface area contributed by atoms with Gasteiger partial charge in [-0.3, -0.25) is 62.3 Å². The van der Waals surface area contributed by atoms with Crippen LogP contribution in [0, 0.1) is 11.8 Å². The maximum Gasteiger partial charge on any atom is 0.322 e. The van der Waals surface area contributed by atoms with Crippen LogP contribution in [-0.4, -0.2) is 187 Å². The molecule has 0 radical (unpaired) electrons. The summed E-state index contributed by atoms with van der Waals surface area (Å²) < 4.78 is 0. The fourth-order valence-electron chi connectivity index (χ4n) is 7.21. The number of carbonyl (C=O) groups excluding carboxylic acids is 12. The summed E-state index contributed by atoms with van der Waals surface area (Å²) in [5.41, 5.74) is 22.0. The number of carboxylic acid groups (broad SMARTS) is 1. The van der Waals surface area contributed by atoms with Crippen LogP contribution in [0.5, 0.6) is 0 Å². The summed E-state index contributed by atoms with van der Waals surface area (Å²) in [4.78, 5) is 177. The number of aliphatic hydroxyl groups is 2. The SMILES string of the molecule is CC(C)[C@H](NC(=O)[C@H](CC(N)=O)NC(=O)[C@@H](NC(=O)[C@@H](N)CO)C(C)C)C(=O)N[C@@H](Cc1cnc[nH]1)C(=O)N[C@@H](CC(N)=O)C(=O)N[C@@H](CC(N)=O)C(=O)N1CCC[C@H]1C(=O)N[C@H](C(=O)NCC(=O)O)[C@@H](C)O. The van der Waals surface area contributed by atoms with E-state index in [1.165, 1.54) is 26.4 Å². The van der Waals surface area contributed by atoms with E-state index in [1.54, 1.807) is 13.8 Å². The number of aliphatic carboxylic acids is 1.